The van der Waals surface area contributed by atoms with Gasteiger partial charge in [0.15, 0.2) is 5.96 Å². The Labute approximate surface area is 163 Å². The van der Waals surface area contributed by atoms with E-state index >= 15 is 0 Å². The standard InChI is InChI=1S/C16H24F3N3O2.HI/c1-4-13(9-21-15(20)22-11(2)10-23-3)24-14-7-5-6-12(8-14)16(17,18)19;/h5-8,11,13H,4,9-10H2,1-3H3,(H3,20,21,22);1H. The molecule has 144 valence electrons. The Hall–Kier alpha value is -1.23. The highest BCUT2D eigenvalue weighted by atomic mass is 127. The van der Waals surface area contributed by atoms with Crippen molar-refractivity contribution in [2.45, 2.75) is 38.6 Å². The summed E-state index contributed by atoms with van der Waals surface area (Å²) in [6.07, 6.45) is -4.18. The largest absolute Gasteiger partial charge is 0.488 e. The second-order valence-electron chi connectivity index (χ2n) is 5.40. The molecule has 9 heteroatoms. The van der Waals surface area contributed by atoms with Gasteiger partial charge in [0.25, 0.3) is 0 Å². The molecule has 0 aromatic heterocycles. The fourth-order valence-corrected chi connectivity index (χ4v) is 1.98. The van der Waals surface area contributed by atoms with E-state index in [1.807, 2.05) is 13.8 Å². The minimum atomic E-state index is -4.40. The van der Waals surface area contributed by atoms with Gasteiger partial charge in [0.1, 0.15) is 11.9 Å². The first kappa shape index (κ1) is 23.8. The number of hydrogen-bond acceptors (Lipinski definition) is 3. The van der Waals surface area contributed by atoms with Gasteiger partial charge in [-0.15, -0.1) is 24.0 Å². The van der Waals surface area contributed by atoms with Gasteiger partial charge in [-0.25, -0.2) is 4.99 Å². The highest BCUT2D eigenvalue weighted by Crippen LogP contribution is 2.31. The zero-order chi connectivity index (χ0) is 18.2. The van der Waals surface area contributed by atoms with Crippen molar-refractivity contribution in [1.29, 1.82) is 0 Å². The highest BCUT2D eigenvalue weighted by Gasteiger charge is 2.30. The molecular formula is C16H25F3IN3O2. The molecule has 0 fully saturated rings. The lowest BCUT2D eigenvalue weighted by Gasteiger charge is -2.18. The maximum absolute atomic E-state index is 12.7. The number of halogens is 4. The van der Waals surface area contributed by atoms with E-state index in [0.29, 0.717) is 13.0 Å². The predicted molar refractivity (Wildman–Crippen MR) is 103 cm³/mol. The lowest BCUT2D eigenvalue weighted by atomic mass is 10.2. The van der Waals surface area contributed by atoms with Crippen molar-refractivity contribution in [3.8, 4) is 5.75 Å². The first-order valence-corrected chi connectivity index (χ1v) is 7.65. The number of aliphatic imine (C=N–C) groups is 1. The summed E-state index contributed by atoms with van der Waals surface area (Å²) in [6, 6.07) is 4.79. The number of alkyl halides is 3. The number of rotatable bonds is 8. The molecule has 0 aliphatic heterocycles. The molecule has 0 saturated carbocycles. The number of nitrogens with two attached hydrogens (primary N) is 1. The number of benzene rings is 1. The fourth-order valence-electron chi connectivity index (χ4n) is 1.98. The molecule has 0 aliphatic rings. The van der Waals surface area contributed by atoms with Crippen molar-refractivity contribution in [2.75, 3.05) is 20.3 Å². The number of guanidine groups is 1. The lowest BCUT2D eigenvalue weighted by Crippen LogP contribution is -2.41. The highest BCUT2D eigenvalue weighted by molar-refractivity contribution is 14.0. The molecule has 2 unspecified atom stereocenters. The quantitative estimate of drug-likeness (QED) is 0.344. The Morgan fingerprint density at radius 3 is 2.60 bits per heavy atom. The van der Waals surface area contributed by atoms with Crippen molar-refractivity contribution >= 4 is 29.9 Å². The van der Waals surface area contributed by atoms with Crippen LogP contribution in [0.15, 0.2) is 29.3 Å². The van der Waals surface area contributed by atoms with E-state index in [0.717, 1.165) is 12.1 Å². The summed E-state index contributed by atoms with van der Waals surface area (Å²) in [5.41, 5.74) is 5.02. The Bertz CT molecular complexity index is 542. The van der Waals surface area contributed by atoms with E-state index < -0.39 is 11.7 Å². The molecule has 1 aromatic rings. The van der Waals surface area contributed by atoms with E-state index in [4.69, 9.17) is 15.2 Å². The van der Waals surface area contributed by atoms with Crippen molar-refractivity contribution in [3.05, 3.63) is 29.8 Å². The summed E-state index contributed by atoms with van der Waals surface area (Å²) in [6.45, 7) is 4.48. The van der Waals surface area contributed by atoms with E-state index in [9.17, 15) is 13.2 Å². The Balaban J connectivity index is 0.00000576. The lowest BCUT2D eigenvalue weighted by molar-refractivity contribution is -0.137. The Kier molecular flexibility index (Phi) is 10.8. The molecule has 5 nitrogen and oxygen atoms in total. The maximum Gasteiger partial charge on any atom is 0.416 e. The van der Waals surface area contributed by atoms with E-state index in [1.165, 1.54) is 12.1 Å². The van der Waals surface area contributed by atoms with Gasteiger partial charge in [-0.1, -0.05) is 13.0 Å². The van der Waals surface area contributed by atoms with Crippen molar-refractivity contribution in [2.24, 2.45) is 10.7 Å². The third-order valence-corrected chi connectivity index (χ3v) is 3.20. The molecule has 0 heterocycles. The number of nitrogens with one attached hydrogen (secondary N) is 1. The molecule has 1 rings (SSSR count). The summed E-state index contributed by atoms with van der Waals surface area (Å²) < 4.78 is 48.7. The molecule has 0 spiro atoms. The Morgan fingerprint density at radius 2 is 2.04 bits per heavy atom. The van der Waals surface area contributed by atoms with Crippen molar-refractivity contribution in [1.82, 2.24) is 5.32 Å². The van der Waals surface area contributed by atoms with Gasteiger partial charge in [-0.05, 0) is 31.5 Å². The average Bonchev–Trinajstić information content (AvgIpc) is 2.51. The smallest absolute Gasteiger partial charge is 0.416 e. The zero-order valence-electron chi connectivity index (χ0n) is 14.5. The van der Waals surface area contributed by atoms with Crippen LogP contribution in [0.25, 0.3) is 0 Å². The maximum atomic E-state index is 12.7. The summed E-state index contributed by atoms with van der Waals surface area (Å²) in [5.74, 6) is 0.400. The van der Waals surface area contributed by atoms with E-state index in [-0.39, 0.29) is 54.4 Å². The number of nitrogens with zero attached hydrogens (tertiary/aromatic N) is 1. The molecule has 25 heavy (non-hydrogen) atoms. The van der Waals surface area contributed by atoms with Gasteiger partial charge < -0.3 is 20.5 Å². The van der Waals surface area contributed by atoms with Crippen LogP contribution in [-0.2, 0) is 10.9 Å². The van der Waals surface area contributed by atoms with Crippen LogP contribution in [-0.4, -0.2) is 38.4 Å². The minimum Gasteiger partial charge on any atom is -0.488 e. The van der Waals surface area contributed by atoms with Crippen LogP contribution in [0.4, 0.5) is 13.2 Å². The number of methoxy groups -OCH3 is 1. The van der Waals surface area contributed by atoms with Crippen LogP contribution in [0.3, 0.4) is 0 Å². The van der Waals surface area contributed by atoms with Gasteiger partial charge >= 0.3 is 6.18 Å². The van der Waals surface area contributed by atoms with Gasteiger partial charge in [0, 0.05) is 13.2 Å². The topological polar surface area (TPSA) is 68.9 Å². The van der Waals surface area contributed by atoms with E-state index in [1.54, 1.807) is 7.11 Å². The monoisotopic (exact) mass is 475 g/mol. The SMILES string of the molecule is CCC(CN=C(N)NC(C)COC)Oc1cccc(C(F)(F)F)c1.I. The molecule has 2 atom stereocenters. The molecule has 0 saturated heterocycles. The summed E-state index contributed by atoms with van der Waals surface area (Å²) in [4.78, 5) is 4.17. The third kappa shape index (κ3) is 9.15. The zero-order valence-corrected chi connectivity index (χ0v) is 16.8. The molecule has 0 aliphatic carbocycles. The van der Waals surface area contributed by atoms with Crippen LogP contribution < -0.4 is 15.8 Å². The summed E-state index contributed by atoms with van der Waals surface area (Å²) >= 11 is 0. The molecule has 3 N–H and O–H groups in total. The van der Waals surface area contributed by atoms with Crippen LogP contribution in [0.1, 0.15) is 25.8 Å². The molecule has 1 aromatic carbocycles. The predicted octanol–water partition coefficient (Wildman–Crippen LogP) is 3.42. The molecule has 0 bridgehead atoms. The third-order valence-electron chi connectivity index (χ3n) is 3.20. The average molecular weight is 475 g/mol. The molecular weight excluding hydrogens is 450 g/mol. The van der Waals surface area contributed by atoms with Crippen LogP contribution in [0, 0.1) is 0 Å². The Morgan fingerprint density at radius 1 is 1.36 bits per heavy atom. The first-order valence-electron chi connectivity index (χ1n) is 7.65. The van der Waals surface area contributed by atoms with Crippen LogP contribution in [0.5, 0.6) is 5.75 Å². The fraction of sp³-hybridized carbons (Fsp3) is 0.562. The van der Waals surface area contributed by atoms with E-state index in [2.05, 4.69) is 10.3 Å². The molecule has 0 radical (unpaired) electrons. The second-order valence-corrected chi connectivity index (χ2v) is 5.40. The van der Waals surface area contributed by atoms with Crippen LogP contribution >= 0.6 is 24.0 Å². The first-order chi connectivity index (χ1) is 11.3. The minimum absolute atomic E-state index is 0. The second kappa shape index (κ2) is 11.4. The summed E-state index contributed by atoms with van der Waals surface area (Å²) in [7, 11) is 1.58. The van der Waals surface area contributed by atoms with Crippen LogP contribution in [0.2, 0.25) is 0 Å². The normalized spacial score (nSPS) is 14.4. The van der Waals surface area contributed by atoms with Crippen molar-refractivity contribution in [3.63, 3.8) is 0 Å². The molecule has 0 amide bonds. The van der Waals surface area contributed by atoms with Gasteiger partial charge in [-0.3, -0.25) is 0 Å². The number of hydrogen-bond donors (Lipinski definition) is 2. The number of ether oxygens (including phenoxy) is 2. The van der Waals surface area contributed by atoms with Gasteiger partial charge in [0.2, 0.25) is 0 Å². The van der Waals surface area contributed by atoms with Gasteiger partial charge in [-0.2, -0.15) is 13.2 Å². The van der Waals surface area contributed by atoms with Crippen molar-refractivity contribution < 1.29 is 22.6 Å². The summed E-state index contributed by atoms with van der Waals surface area (Å²) in [5, 5.41) is 2.95. The van der Waals surface area contributed by atoms with Gasteiger partial charge in [0.05, 0.1) is 18.7 Å².